The van der Waals surface area contributed by atoms with Gasteiger partial charge in [0, 0.05) is 6.07 Å². The Morgan fingerprint density at radius 2 is 2.19 bits per heavy atom. The minimum absolute atomic E-state index is 0.0218. The number of hydroxylamine groups is 1. The van der Waals surface area contributed by atoms with Gasteiger partial charge in [-0.3, -0.25) is 19.7 Å². The van der Waals surface area contributed by atoms with E-state index in [0.29, 0.717) is 5.56 Å². The molecule has 1 rings (SSSR count). The Bertz CT molecular complexity index is 445. The van der Waals surface area contributed by atoms with E-state index in [0.717, 1.165) is 0 Å². The number of nitrogens with two attached hydrogens (primary N) is 1. The molecule has 0 aromatic heterocycles. The zero-order valence-electron chi connectivity index (χ0n) is 8.81. The maximum atomic E-state index is 11.5. The summed E-state index contributed by atoms with van der Waals surface area (Å²) < 4.78 is 0. The first-order valence-electron chi connectivity index (χ1n) is 4.35. The van der Waals surface area contributed by atoms with Crippen molar-refractivity contribution in [1.29, 1.82) is 0 Å². The molecule has 0 spiro atoms. The number of nitrogens with zero attached hydrogens (tertiary/aromatic N) is 1. The van der Waals surface area contributed by atoms with E-state index in [1.54, 1.807) is 6.92 Å². The van der Waals surface area contributed by atoms with Crippen molar-refractivity contribution in [3.05, 3.63) is 33.4 Å². The number of nitro benzene ring substituents is 1. The molecule has 3 N–H and O–H groups in total. The molecule has 7 nitrogen and oxygen atoms in total. The molecule has 86 valence electrons. The maximum absolute atomic E-state index is 11.5. The second kappa shape index (κ2) is 4.58. The Hall–Kier alpha value is -2.15. The topological polar surface area (TPSA) is 107 Å². The van der Waals surface area contributed by atoms with Gasteiger partial charge >= 0.3 is 0 Å². The molecule has 0 heterocycles. The third-order valence-electron chi connectivity index (χ3n) is 1.94. The van der Waals surface area contributed by atoms with E-state index in [2.05, 4.69) is 10.3 Å². The Morgan fingerprint density at radius 1 is 1.56 bits per heavy atom. The standard InChI is InChI=1S/C9H11N3O4/c1-5-3-6(9(13)11-16-2)8(10)7(4-5)12(14)15/h3-4H,10H2,1-2H3,(H,11,13). The number of benzene rings is 1. The Balaban J connectivity index is 3.29. The number of amides is 1. The summed E-state index contributed by atoms with van der Waals surface area (Å²) in [6.07, 6.45) is 0. The van der Waals surface area contributed by atoms with Crippen molar-refractivity contribution in [2.75, 3.05) is 12.8 Å². The van der Waals surface area contributed by atoms with E-state index in [1.165, 1.54) is 19.2 Å². The molecule has 0 aliphatic rings. The van der Waals surface area contributed by atoms with E-state index in [9.17, 15) is 14.9 Å². The summed E-state index contributed by atoms with van der Waals surface area (Å²) in [4.78, 5) is 25.9. The molecule has 0 saturated heterocycles. The van der Waals surface area contributed by atoms with Gasteiger partial charge in [0.25, 0.3) is 11.6 Å². The highest BCUT2D eigenvalue weighted by atomic mass is 16.6. The van der Waals surface area contributed by atoms with Crippen LogP contribution in [0, 0.1) is 17.0 Å². The summed E-state index contributed by atoms with van der Waals surface area (Å²) in [6.45, 7) is 1.63. The van der Waals surface area contributed by atoms with Crippen LogP contribution in [0.4, 0.5) is 11.4 Å². The maximum Gasteiger partial charge on any atom is 0.293 e. The van der Waals surface area contributed by atoms with Crippen molar-refractivity contribution < 1.29 is 14.6 Å². The number of hydrogen-bond acceptors (Lipinski definition) is 5. The average Bonchev–Trinajstić information content (AvgIpc) is 2.20. The Labute approximate surface area is 91.3 Å². The lowest BCUT2D eigenvalue weighted by Gasteiger charge is -2.07. The Kier molecular flexibility index (Phi) is 3.41. The molecule has 0 saturated carbocycles. The van der Waals surface area contributed by atoms with Crippen LogP contribution in [0.15, 0.2) is 12.1 Å². The second-order valence-electron chi connectivity index (χ2n) is 3.14. The number of carbonyl (C=O) groups excluding carboxylic acids is 1. The number of hydrogen-bond donors (Lipinski definition) is 2. The third kappa shape index (κ3) is 2.26. The van der Waals surface area contributed by atoms with Gasteiger partial charge in [-0.15, -0.1) is 0 Å². The highest BCUT2D eigenvalue weighted by Crippen LogP contribution is 2.26. The van der Waals surface area contributed by atoms with Crippen molar-refractivity contribution in [3.8, 4) is 0 Å². The second-order valence-corrected chi connectivity index (χ2v) is 3.14. The number of nitrogens with one attached hydrogen (secondary N) is 1. The first-order valence-corrected chi connectivity index (χ1v) is 4.35. The lowest BCUT2D eigenvalue weighted by atomic mass is 10.1. The van der Waals surface area contributed by atoms with E-state index >= 15 is 0 Å². The summed E-state index contributed by atoms with van der Waals surface area (Å²) in [5, 5.41) is 10.7. The van der Waals surface area contributed by atoms with Crippen LogP contribution in [-0.2, 0) is 4.84 Å². The number of aryl methyl sites for hydroxylation is 1. The molecule has 0 atom stereocenters. The molecule has 0 aliphatic heterocycles. The first kappa shape index (κ1) is 11.9. The molecule has 7 heteroatoms. The highest BCUT2D eigenvalue weighted by Gasteiger charge is 2.20. The molecule has 1 aromatic rings. The van der Waals surface area contributed by atoms with Gasteiger partial charge in [-0.25, -0.2) is 5.48 Å². The van der Waals surface area contributed by atoms with Gasteiger partial charge in [0.05, 0.1) is 17.6 Å². The minimum atomic E-state index is -0.633. The number of anilines is 1. The largest absolute Gasteiger partial charge is 0.393 e. The van der Waals surface area contributed by atoms with Gasteiger partial charge in [-0.2, -0.15) is 0 Å². The van der Waals surface area contributed by atoms with Gasteiger partial charge in [0.15, 0.2) is 0 Å². The normalized spacial score (nSPS) is 9.88. The van der Waals surface area contributed by atoms with Gasteiger partial charge in [0.2, 0.25) is 0 Å². The monoisotopic (exact) mass is 225 g/mol. The zero-order chi connectivity index (χ0) is 12.3. The molecule has 0 aliphatic carbocycles. The fourth-order valence-corrected chi connectivity index (χ4v) is 1.27. The molecular weight excluding hydrogens is 214 g/mol. The summed E-state index contributed by atoms with van der Waals surface area (Å²) in [5.41, 5.74) is 7.71. The van der Waals surface area contributed by atoms with Crippen LogP contribution in [0.3, 0.4) is 0 Å². The summed E-state index contributed by atoms with van der Waals surface area (Å²) in [5.74, 6) is -0.619. The van der Waals surface area contributed by atoms with Crippen LogP contribution in [0.25, 0.3) is 0 Å². The SMILES string of the molecule is CONC(=O)c1cc(C)cc([N+](=O)[O-])c1N. The highest BCUT2D eigenvalue weighted by molar-refractivity contribution is 6.00. The van der Waals surface area contributed by atoms with E-state index in [4.69, 9.17) is 5.73 Å². The lowest BCUT2D eigenvalue weighted by Crippen LogP contribution is -2.23. The van der Waals surface area contributed by atoms with Gasteiger partial charge in [-0.05, 0) is 18.6 Å². The fraction of sp³-hybridized carbons (Fsp3) is 0.222. The number of nitro groups is 1. The van der Waals surface area contributed by atoms with Crippen LogP contribution in [0.2, 0.25) is 0 Å². The number of nitrogen functional groups attached to an aromatic ring is 1. The van der Waals surface area contributed by atoms with Crippen molar-refractivity contribution in [2.45, 2.75) is 6.92 Å². The summed E-state index contributed by atoms with van der Waals surface area (Å²) in [6, 6.07) is 2.76. The molecule has 0 unspecified atom stereocenters. The first-order chi connectivity index (χ1) is 7.47. The average molecular weight is 225 g/mol. The summed E-state index contributed by atoms with van der Waals surface area (Å²) >= 11 is 0. The summed E-state index contributed by atoms with van der Waals surface area (Å²) in [7, 11) is 1.26. The van der Waals surface area contributed by atoms with E-state index < -0.39 is 10.8 Å². The minimum Gasteiger partial charge on any atom is -0.393 e. The van der Waals surface area contributed by atoms with Crippen LogP contribution in [-0.4, -0.2) is 17.9 Å². The number of carbonyl (C=O) groups is 1. The fourth-order valence-electron chi connectivity index (χ4n) is 1.27. The molecule has 0 bridgehead atoms. The van der Waals surface area contributed by atoms with Crippen molar-refractivity contribution >= 4 is 17.3 Å². The predicted octanol–water partition coefficient (Wildman–Crippen LogP) is 0.777. The van der Waals surface area contributed by atoms with Crippen molar-refractivity contribution in [2.24, 2.45) is 0 Å². The predicted molar refractivity (Wildman–Crippen MR) is 56.7 cm³/mol. The smallest absolute Gasteiger partial charge is 0.293 e. The van der Waals surface area contributed by atoms with Gasteiger partial charge in [0.1, 0.15) is 5.69 Å². The van der Waals surface area contributed by atoms with Crippen molar-refractivity contribution in [1.82, 2.24) is 5.48 Å². The third-order valence-corrected chi connectivity index (χ3v) is 1.94. The zero-order valence-corrected chi connectivity index (χ0v) is 8.81. The van der Waals surface area contributed by atoms with E-state index in [1.807, 2.05) is 0 Å². The molecular formula is C9H11N3O4. The Morgan fingerprint density at radius 3 is 2.69 bits per heavy atom. The van der Waals surface area contributed by atoms with Crippen LogP contribution in [0.1, 0.15) is 15.9 Å². The van der Waals surface area contributed by atoms with Crippen LogP contribution < -0.4 is 11.2 Å². The quantitative estimate of drug-likeness (QED) is 0.449. The van der Waals surface area contributed by atoms with Crippen molar-refractivity contribution in [3.63, 3.8) is 0 Å². The van der Waals surface area contributed by atoms with Gasteiger partial charge in [-0.1, -0.05) is 0 Å². The van der Waals surface area contributed by atoms with Crippen LogP contribution >= 0.6 is 0 Å². The molecule has 0 fully saturated rings. The number of rotatable bonds is 3. The lowest BCUT2D eigenvalue weighted by molar-refractivity contribution is -0.384. The molecule has 16 heavy (non-hydrogen) atoms. The molecule has 1 aromatic carbocycles. The van der Waals surface area contributed by atoms with Gasteiger partial charge < -0.3 is 5.73 Å². The van der Waals surface area contributed by atoms with Crippen LogP contribution in [0.5, 0.6) is 0 Å². The molecule has 1 amide bonds. The molecule has 0 radical (unpaired) electrons. The van der Waals surface area contributed by atoms with E-state index in [-0.39, 0.29) is 16.9 Å².